The number of nitrogens with zero attached hydrogens (tertiary/aromatic N) is 2. The smallest absolute Gasteiger partial charge is 0.246 e. The molecule has 0 aromatic heterocycles. The summed E-state index contributed by atoms with van der Waals surface area (Å²) in [5, 5.41) is 2.77. The van der Waals surface area contributed by atoms with E-state index in [0.717, 1.165) is 11.1 Å². The first-order valence-electron chi connectivity index (χ1n) is 11.3. The van der Waals surface area contributed by atoms with Crippen molar-refractivity contribution in [2.24, 2.45) is 5.92 Å². The van der Waals surface area contributed by atoms with E-state index in [4.69, 9.17) is 0 Å². The molecule has 0 atom stereocenters. The van der Waals surface area contributed by atoms with Crippen molar-refractivity contribution in [3.63, 3.8) is 0 Å². The van der Waals surface area contributed by atoms with Crippen LogP contribution in [0.2, 0.25) is 0 Å². The molecule has 0 radical (unpaired) electrons. The number of likely N-dealkylation sites (tertiary alicyclic amines) is 1. The molecule has 1 aliphatic heterocycles. The summed E-state index contributed by atoms with van der Waals surface area (Å²) in [6, 6.07) is 15.6. The molecule has 174 valence electrons. The third-order valence-corrected chi connectivity index (χ3v) is 5.80. The zero-order valence-corrected chi connectivity index (χ0v) is 18.9. The Morgan fingerprint density at radius 2 is 1.73 bits per heavy atom. The van der Waals surface area contributed by atoms with Crippen LogP contribution >= 0.6 is 0 Å². The van der Waals surface area contributed by atoms with Crippen LogP contribution < -0.4 is 5.32 Å². The Morgan fingerprint density at radius 3 is 2.36 bits per heavy atom. The third-order valence-electron chi connectivity index (χ3n) is 5.80. The average Bonchev–Trinajstić information content (AvgIpc) is 2.85. The van der Waals surface area contributed by atoms with E-state index in [1.807, 2.05) is 37.3 Å². The highest BCUT2D eigenvalue weighted by Crippen LogP contribution is 2.20. The van der Waals surface area contributed by atoms with Gasteiger partial charge < -0.3 is 15.1 Å². The van der Waals surface area contributed by atoms with Gasteiger partial charge in [-0.25, -0.2) is 4.39 Å². The molecule has 0 aliphatic carbocycles. The van der Waals surface area contributed by atoms with Gasteiger partial charge in [-0.3, -0.25) is 14.4 Å². The van der Waals surface area contributed by atoms with Crippen LogP contribution in [0.3, 0.4) is 0 Å². The Kier molecular flexibility index (Phi) is 8.75. The number of piperidine rings is 1. The van der Waals surface area contributed by atoms with Gasteiger partial charge in [-0.1, -0.05) is 42.5 Å². The first-order chi connectivity index (χ1) is 16.0. The molecular formula is C26H30FN3O3. The van der Waals surface area contributed by atoms with Gasteiger partial charge in [-0.05, 0) is 49.1 Å². The molecule has 1 saturated heterocycles. The molecule has 0 saturated carbocycles. The lowest BCUT2D eigenvalue weighted by Gasteiger charge is -2.33. The van der Waals surface area contributed by atoms with E-state index in [-0.39, 0.29) is 42.5 Å². The van der Waals surface area contributed by atoms with Crippen molar-refractivity contribution in [2.75, 3.05) is 26.2 Å². The van der Waals surface area contributed by atoms with Crippen molar-refractivity contribution in [3.8, 4) is 0 Å². The van der Waals surface area contributed by atoms with E-state index in [1.165, 1.54) is 12.1 Å². The lowest BCUT2D eigenvalue weighted by atomic mass is 9.95. The first kappa shape index (κ1) is 24.2. The standard InChI is InChI=1S/C26H30FN3O3/c1-2-29(19-24(31)28-18-21-8-11-23(27)12-9-21)26(33)22-14-16-30(17-15-22)25(32)13-10-20-6-4-3-5-7-20/h3-13,22H,2,14-19H2,1H3,(H,28,31). The number of likely N-dealkylation sites (N-methyl/N-ethyl adjacent to an activating group) is 1. The number of rotatable bonds is 8. The van der Waals surface area contributed by atoms with Crippen molar-refractivity contribution < 1.29 is 18.8 Å². The second-order valence-corrected chi connectivity index (χ2v) is 8.10. The van der Waals surface area contributed by atoms with Crippen molar-refractivity contribution >= 4 is 23.8 Å². The molecule has 1 fully saturated rings. The van der Waals surface area contributed by atoms with Gasteiger partial charge in [0, 0.05) is 38.2 Å². The van der Waals surface area contributed by atoms with Crippen LogP contribution in [-0.2, 0) is 20.9 Å². The van der Waals surface area contributed by atoms with Crippen LogP contribution in [0, 0.1) is 11.7 Å². The second kappa shape index (κ2) is 11.9. The number of halogens is 1. The number of carbonyl (C=O) groups excluding carboxylic acids is 3. The van der Waals surface area contributed by atoms with E-state index in [0.29, 0.717) is 32.5 Å². The van der Waals surface area contributed by atoms with Crippen LogP contribution in [0.1, 0.15) is 30.9 Å². The Bertz CT molecular complexity index is 968. The maximum Gasteiger partial charge on any atom is 0.246 e. The molecule has 1 aliphatic rings. The topological polar surface area (TPSA) is 69.7 Å². The number of benzene rings is 2. The van der Waals surface area contributed by atoms with Crippen molar-refractivity contribution in [1.82, 2.24) is 15.1 Å². The van der Waals surface area contributed by atoms with Crippen LogP contribution in [0.5, 0.6) is 0 Å². The summed E-state index contributed by atoms with van der Waals surface area (Å²) in [4.78, 5) is 41.1. The van der Waals surface area contributed by atoms with Crippen molar-refractivity contribution in [2.45, 2.75) is 26.3 Å². The summed E-state index contributed by atoms with van der Waals surface area (Å²) in [5.74, 6) is -0.892. The highest BCUT2D eigenvalue weighted by Gasteiger charge is 2.30. The molecule has 2 aromatic carbocycles. The number of carbonyl (C=O) groups is 3. The van der Waals surface area contributed by atoms with Crippen LogP contribution in [0.15, 0.2) is 60.7 Å². The fraction of sp³-hybridized carbons (Fsp3) is 0.346. The summed E-state index contributed by atoms with van der Waals surface area (Å²) in [5.41, 5.74) is 1.75. The molecule has 1 heterocycles. The molecule has 1 N–H and O–H groups in total. The molecule has 2 aromatic rings. The van der Waals surface area contributed by atoms with E-state index >= 15 is 0 Å². The van der Waals surface area contributed by atoms with Crippen LogP contribution in [-0.4, -0.2) is 53.7 Å². The highest BCUT2D eigenvalue weighted by atomic mass is 19.1. The maximum absolute atomic E-state index is 13.0. The van der Waals surface area contributed by atoms with Crippen molar-refractivity contribution in [1.29, 1.82) is 0 Å². The van der Waals surface area contributed by atoms with Gasteiger partial charge in [0.2, 0.25) is 17.7 Å². The van der Waals surface area contributed by atoms with Crippen LogP contribution in [0.4, 0.5) is 4.39 Å². The zero-order valence-electron chi connectivity index (χ0n) is 18.9. The molecule has 0 bridgehead atoms. The van der Waals surface area contributed by atoms with Gasteiger partial charge in [-0.2, -0.15) is 0 Å². The number of amides is 3. The fourth-order valence-electron chi connectivity index (χ4n) is 3.82. The molecule has 3 amide bonds. The lowest BCUT2D eigenvalue weighted by molar-refractivity contribution is -0.141. The summed E-state index contributed by atoms with van der Waals surface area (Å²) in [6.07, 6.45) is 4.53. The minimum atomic E-state index is -0.326. The van der Waals surface area contributed by atoms with Gasteiger partial charge >= 0.3 is 0 Å². The van der Waals surface area contributed by atoms with Gasteiger partial charge in [0.15, 0.2) is 0 Å². The molecule has 0 spiro atoms. The molecule has 33 heavy (non-hydrogen) atoms. The first-order valence-corrected chi connectivity index (χ1v) is 11.3. The SMILES string of the molecule is CCN(CC(=O)NCc1ccc(F)cc1)C(=O)C1CCN(C(=O)C=Cc2ccccc2)CC1. The molecule has 7 heteroatoms. The summed E-state index contributed by atoms with van der Waals surface area (Å²) in [6.45, 7) is 3.57. The zero-order chi connectivity index (χ0) is 23.6. The Morgan fingerprint density at radius 1 is 1.06 bits per heavy atom. The van der Waals surface area contributed by atoms with Gasteiger partial charge in [0.1, 0.15) is 5.82 Å². The van der Waals surface area contributed by atoms with E-state index in [9.17, 15) is 18.8 Å². The second-order valence-electron chi connectivity index (χ2n) is 8.10. The molecule has 0 unspecified atom stereocenters. The minimum Gasteiger partial charge on any atom is -0.350 e. The summed E-state index contributed by atoms with van der Waals surface area (Å²) < 4.78 is 13.0. The normalized spacial score (nSPS) is 14.3. The largest absolute Gasteiger partial charge is 0.350 e. The van der Waals surface area contributed by atoms with Gasteiger partial charge in [0.25, 0.3) is 0 Å². The predicted molar refractivity (Wildman–Crippen MR) is 125 cm³/mol. The number of hydrogen-bond acceptors (Lipinski definition) is 3. The van der Waals surface area contributed by atoms with E-state index in [2.05, 4.69) is 5.32 Å². The average molecular weight is 452 g/mol. The third kappa shape index (κ3) is 7.27. The number of hydrogen-bond donors (Lipinski definition) is 1. The van der Waals surface area contributed by atoms with Crippen LogP contribution in [0.25, 0.3) is 6.08 Å². The maximum atomic E-state index is 13.0. The number of nitrogens with one attached hydrogen (secondary N) is 1. The molecule has 3 rings (SSSR count). The van der Waals surface area contributed by atoms with Gasteiger partial charge in [0.05, 0.1) is 6.54 Å². The lowest BCUT2D eigenvalue weighted by Crippen LogP contribution is -2.46. The quantitative estimate of drug-likeness (QED) is 0.627. The van der Waals surface area contributed by atoms with E-state index < -0.39 is 0 Å². The Labute approximate surface area is 194 Å². The predicted octanol–water partition coefficient (Wildman–Crippen LogP) is 3.24. The molecule has 6 nitrogen and oxygen atoms in total. The van der Waals surface area contributed by atoms with Crippen molar-refractivity contribution in [3.05, 3.63) is 77.6 Å². The van der Waals surface area contributed by atoms with Gasteiger partial charge in [-0.15, -0.1) is 0 Å². The Balaban J connectivity index is 1.44. The minimum absolute atomic E-state index is 0.0184. The molecular weight excluding hydrogens is 421 g/mol. The summed E-state index contributed by atoms with van der Waals surface area (Å²) in [7, 11) is 0. The summed E-state index contributed by atoms with van der Waals surface area (Å²) >= 11 is 0. The highest BCUT2D eigenvalue weighted by molar-refractivity contribution is 5.92. The Hall–Kier alpha value is -3.48. The van der Waals surface area contributed by atoms with E-state index in [1.54, 1.807) is 34.1 Å². The monoisotopic (exact) mass is 451 g/mol. The fourth-order valence-corrected chi connectivity index (χ4v) is 3.82.